The summed E-state index contributed by atoms with van der Waals surface area (Å²) in [6.45, 7) is 3.40. The number of carbonyl (C=O) groups is 1. The van der Waals surface area contributed by atoms with E-state index in [0.717, 1.165) is 19.4 Å². The van der Waals surface area contributed by atoms with Crippen LogP contribution in [0.5, 0.6) is 0 Å². The van der Waals surface area contributed by atoms with Crippen molar-refractivity contribution < 1.29 is 14.8 Å². The Labute approximate surface area is 90.0 Å². The van der Waals surface area contributed by atoms with Crippen LogP contribution in [0.2, 0.25) is 0 Å². The minimum atomic E-state index is -0.702. The molecule has 3 nitrogen and oxygen atoms in total. The zero-order chi connectivity index (χ0) is 10.6. The highest BCUT2D eigenvalue weighted by atomic mass is 32.1. The third-order valence-electron chi connectivity index (χ3n) is 2.36. The van der Waals surface area contributed by atoms with E-state index in [2.05, 4.69) is 23.9 Å². The molecule has 1 saturated heterocycles. The lowest BCUT2D eigenvalue weighted by molar-refractivity contribution is -0.673. The van der Waals surface area contributed by atoms with Crippen molar-refractivity contribution in [2.75, 3.05) is 13.1 Å². The average Bonchev–Trinajstić information content (AvgIpc) is 2.19. The van der Waals surface area contributed by atoms with Crippen molar-refractivity contribution in [1.82, 2.24) is 0 Å². The molecule has 0 aromatic carbocycles. The van der Waals surface area contributed by atoms with E-state index in [-0.39, 0.29) is 5.97 Å². The number of hydrogen-bond acceptors (Lipinski definition) is 3. The summed E-state index contributed by atoms with van der Waals surface area (Å²) in [5.41, 5.74) is -0.702. The summed E-state index contributed by atoms with van der Waals surface area (Å²) in [6, 6.07) is 0. The second-order valence-electron chi connectivity index (χ2n) is 3.62. The first-order valence-electron chi connectivity index (χ1n) is 4.80. The lowest BCUT2D eigenvalue weighted by atomic mass is 9.95. The van der Waals surface area contributed by atoms with Gasteiger partial charge in [-0.05, 0) is 6.92 Å². The van der Waals surface area contributed by atoms with E-state index in [9.17, 15) is 4.79 Å². The van der Waals surface area contributed by atoms with Crippen molar-refractivity contribution in [2.45, 2.75) is 30.6 Å². The highest BCUT2D eigenvalue weighted by Gasteiger charge is 2.37. The molecule has 1 aliphatic rings. The van der Waals surface area contributed by atoms with Gasteiger partial charge in [0.25, 0.3) is 0 Å². The van der Waals surface area contributed by atoms with Gasteiger partial charge in [0.1, 0.15) is 6.54 Å². The minimum absolute atomic E-state index is 0.332. The molecule has 0 bridgehead atoms. The second kappa shape index (κ2) is 4.72. The fourth-order valence-corrected chi connectivity index (χ4v) is 1.55. The van der Waals surface area contributed by atoms with Gasteiger partial charge in [0.15, 0.2) is 0 Å². The Kier molecular flexibility index (Phi) is 3.85. The molecular formula is C10H16NO2S+. The van der Waals surface area contributed by atoms with E-state index < -0.39 is 10.9 Å². The topological polar surface area (TPSA) is 42.9 Å². The van der Waals surface area contributed by atoms with E-state index >= 15 is 0 Å². The van der Waals surface area contributed by atoms with Gasteiger partial charge in [-0.3, -0.25) is 4.79 Å². The molecule has 2 N–H and O–H groups in total. The van der Waals surface area contributed by atoms with Crippen LogP contribution in [0.4, 0.5) is 0 Å². The predicted molar refractivity (Wildman–Crippen MR) is 57.0 cm³/mol. The molecule has 0 aliphatic carbocycles. The van der Waals surface area contributed by atoms with Crippen LogP contribution in [0.1, 0.15) is 19.8 Å². The van der Waals surface area contributed by atoms with Crippen LogP contribution in [-0.4, -0.2) is 29.9 Å². The maximum Gasteiger partial charge on any atom is 0.320 e. The molecule has 1 fully saturated rings. The third kappa shape index (κ3) is 2.66. The molecule has 1 heterocycles. The Morgan fingerprint density at radius 3 is 2.93 bits per heavy atom. The largest absolute Gasteiger partial charge is 0.439 e. The summed E-state index contributed by atoms with van der Waals surface area (Å²) < 4.78 is 5.31. The number of esters is 1. The molecule has 0 amide bonds. The van der Waals surface area contributed by atoms with Gasteiger partial charge in [0, 0.05) is 12.8 Å². The maximum atomic E-state index is 11.4. The molecule has 1 rings (SSSR count). The summed E-state index contributed by atoms with van der Waals surface area (Å²) in [6.07, 6.45) is 7.16. The van der Waals surface area contributed by atoms with Gasteiger partial charge in [-0.15, -0.1) is 6.42 Å². The van der Waals surface area contributed by atoms with Crippen LogP contribution in [0.3, 0.4) is 0 Å². The molecule has 14 heavy (non-hydrogen) atoms. The highest BCUT2D eigenvalue weighted by molar-refractivity contribution is 7.81. The summed E-state index contributed by atoms with van der Waals surface area (Å²) >= 11 is 4.02. The number of thiol groups is 1. The first kappa shape index (κ1) is 11.4. The molecule has 2 atom stereocenters. The number of rotatable bonds is 2. The van der Waals surface area contributed by atoms with Crippen LogP contribution in [0.15, 0.2) is 0 Å². The first-order valence-corrected chi connectivity index (χ1v) is 5.32. The van der Waals surface area contributed by atoms with Crippen molar-refractivity contribution >= 4 is 18.6 Å². The summed E-state index contributed by atoms with van der Waals surface area (Å²) in [5, 5.41) is 1.67. The molecule has 4 heteroatoms. The predicted octanol–water partition coefficient (Wildman–Crippen LogP) is -0.423. The lowest BCUT2D eigenvalue weighted by Crippen LogP contribution is -2.90. The first-order chi connectivity index (χ1) is 6.59. The molecular weight excluding hydrogens is 198 g/mol. The lowest BCUT2D eigenvalue weighted by Gasteiger charge is -2.30. The molecule has 1 aliphatic heterocycles. The number of nitrogens with two attached hydrogens (primary N) is 1. The Bertz CT molecular complexity index is 251. The van der Waals surface area contributed by atoms with Gasteiger partial charge in [-0.25, -0.2) is 0 Å². The van der Waals surface area contributed by atoms with Crippen LogP contribution in [0.25, 0.3) is 0 Å². The Morgan fingerprint density at radius 1 is 1.79 bits per heavy atom. The minimum Gasteiger partial charge on any atom is -0.439 e. The molecule has 0 aromatic rings. The van der Waals surface area contributed by atoms with E-state index in [1.54, 1.807) is 6.92 Å². The van der Waals surface area contributed by atoms with Crippen LogP contribution in [-0.2, 0) is 9.53 Å². The van der Waals surface area contributed by atoms with Crippen molar-refractivity contribution in [1.29, 1.82) is 0 Å². The number of terminal acetylenes is 1. The molecule has 0 spiro atoms. The maximum absolute atomic E-state index is 11.4. The van der Waals surface area contributed by atoms with Crippen LogP contribution >= 0.6 is 12.6 Å². The summed E-state index contributed by atoms with van der Waals surface area (Å²) in [5.74, 6) is 2.26. The quantitative estimate of drug-likeness (QED) is 0.372. The Balaban J connectivity index is 2.62. The van der Waals surface area contributed by atoms with Crippen molar-refractivity contribution in [3.63, 3.8) is 0 Å². The molecule has 0 aromatic heterocycles. The number of carbonyl (C=O) groups excluding carboxylic acids is 1. The van der Waals surface area contributed by atoms with E-state index in [1.807, 2.05) is 0 Å². The number of hydrogen-bond donors (Lipinski definition) is 2. The Hall–Kier alpha value is -0.660. The fourth-order valence-electron chi connectivity index (χ4n) is 1.50. The van der Waals surface area contributed by atoms with E-state index in [0.29, 0.717) is 6.54 Å². The zero-order valence-electron chi connectivity index (χ0n) is 8.32. The molecule has 0 saturated carbocycles. The van der Waals surface area contributed by atoms with Gasteiger partial charge in [-0.1, -0.05) is 5.92 Å². The summed E-state index contributed by atoms with van der Waals surface area (Å²) in [7, 11) is 0. The van der Waals surface area contributed by atoms with E-state index in [4.69, 9.17) is 11.2 Å². The third-order valence-corrected chi connectivity index (χ3v) is 2.57. The molecule has 0 radical (unpaired) electrons. The summed E-state index contributed by atoms with van der Waals surface area (Å²) in [4.78, 5) is 11.4. The van der Waals surface area contributed by atoms with Crippen molar-refractivity contribution in [2.24, 2.45) is 0 Å². The second-order valence-corrected chi connectivity index (χ2v) is 4.40. The van der Waals surface area contributed by atoms with Crippen LogP contribution in [0, 0.1) is 12.3 Å². The van der Waals surface area contributed by atoms with Gasteiger partial charge < -0.3 is 10.1 Å². The van der Waals surface area contributed by atoms with Crippen molar-refractivity contribution in [3.8, 4) is 12.3 Å². The average molecular weight is 214 g/mol. The normalized spacial score (nSPS) is 28.9. The van der Waals surface area contributed by atoms with Gasteiger partial charge >= 0.3 is 5.97 Å². The monoisotopic (exact) mass is 214 g/mol. The number of quaternary nitrogens is 1. The fraction of sp³-hybridized carbons (Fsp3) is 0.700. The number of piperidine rings is 1. The van der Waals surface area contributed by atoms with Crippen molar-refractivity contribution in [3.05, 3.63) is 0 Å². The highest BCUT2D eigenvalue weighted by Crippen LogP contribution is 2.19. The Morgan fingerprint density at radius 2 is 2.50 bits per heavy atom. The van der Waals surface area contributed by atoms with Gasteiger partial charge in [-0.2, -0.15) is 12.6 Å². The van der Waals surface area contributed by atoms with Crippen LogP contribution < -0.4 is 5.32 Å². The SMILES string of the molecule is C#CC1(OC(=O)C(C)S)CCC[NH2+]C1. The van der Waals surface area contributed by atoms with Gasteiger partial charge in [0.05, 0.1) is 11.8 Å². The smallest absolute Gasteiger partial charge is 0.320 e. The molecule has 78 valence electrons. The van der Waals surface area contributed by atoms with E-state index in [1.165, 1.54) is 0 Å². The standard InChI is InChI=1S/C10H15NO2S/c1-3-10(5-4-6-11-7-10)13-9(12)8(2)14/h1,8,11,14H,4-7H2,2H3/p+1. The van der Waals surface area contributed by atoms with Gasteiger partial charge in [0.2, 0.25) is 5.60 Å². The molecule has 2 unspecified atom stereocenters. The number of ether oxygens (including phenoxy) is 1. The zero-order valence-corrected chi connectivity index (χ0v) is 9.22.